The van der Waals surface area contributed by atoms with Gasteiger partial charge in [-0.15, -0.1) is 11.3 Å². The van der Waals surface area contributed by atoms with Gasteiger partial charge in [0, 0.05) is 18.5 Å². The normalized spacial score (nSPS) is 17.5. The maximum Gasteiger partial charge on any atom is 0.273 e. The molecule has 0 radical (unpaired) electrons. The topological polar surface area (TPSA) is 62.3 Å². The van der Waals surface area contributed by atoms with E-state index in [1.54, 1.807) is 5.38 Å². The highest BCUT2D eigenvalue weighted by Crippen LogP contribution is 2.21. The molecule has 0 spiro atoms. The molecule has 1 N–H and O–H groups in total. The molecule has 0 saturated carbocycles. The van der Waals surface area contributed by atoms with E-state index in [-0.39, 0.29) is 11.8 Å². The molecule has 0 aliphatic carbocycles. The van der Waals surface area contributed by atoms with Crippen LogP contribution in [0.4, 0.5) is 5.13 Å². The van der Waals surface area contributed by atoms with Crippen LogP contribution in [0.25, 0.3) is 0 Å². The van der Waals surface area contributed by atoms with Crippen molar-refractivity contribution >= 4 is 28.3 Å². The fourth-order valence-corrected chi connectivity index (χ4v) is 3.61. The van der Waals surface area contributed by atoms with Crippen molar-refractivity contribution in [2.24, 2.45) is 5.92 Å². The lowest BCUT2D eigenvalue weighted by molar-refractivity contribution is -0.115. The van der Waals surface area contributed by atoms with Gasteiger partial charge in [-0.3, -0.25) is 9.59 Å². The quantitative estimate of drug-likeness (QED) is 0.927. The van der Waals surface area contributed by atoms with Crippen molar-refractivity contribution < 1.29 is 9.59 Å². The Hall–Kier alpha value is -2.21. The van der Waals surface area contributed by atoms with Crippen LogP contribution >= 0.6 is 11.3 Å². The Balaban J connectivity index is 1.59. The molecule has 1 aliphatic rings. The summed E-state index contributed by atoms with van der Waals surface area (Å²) in [5.74, 6) is 0.369. The smallest absolute Gasteiger partial charge is 0.273 e. The van der Waals surface area contributed by atoms with Crippen LogP contribution in [0.15, 0.2) is 35.7 Å². The lowest BCUT2D eigenvalue weighted by Crippen LogP contribution is -2.39. The van der Waals surface area contributed by atoms with Crippen LogP contribution in [0.2, 0.25) is 0 Å². The van der Waals surface area contributed by atoms with E-state index in [9.17, 15) is 9.59 Å². The molecular weight excluding hydrogens is 322 g/mol. The largest absolute Gasteiger partial charge is 0.337 e. The second kappa shape index (κ2) is 7.57. The van der Waals surface area contributed by atoms with Crippen LogP contribution in [0.1, 0.15) is 35.8 Å². The maximum absolute atomic E-state index is 12.5. The first-order chi connectivity index (χ1) is 11.6. The molecule has 1 unspecified atom stereocenters. The number of carbonyl (C=O) groups is 2. The summed E-state index contributed by atoms with van der Waals surface area (Å²) >= 11 is 1.29. The van der Waals surface area contributed by atoms with Gasteiger partial charge in [0.1, 0.15) is 5.69 Å². The molecule has 1 aromatic carbocycles. The molecule has 1 aliphatic heterocycles. The summed E-state index contributed by atoms with van der Waals surface area (Å²) in [6.07, 6.45) is 2.51. The number of hydrogen-bond acceptors (Lipinski definition) is 4. The Labute approximate surface area is 145 Å². The summed E-state index contributed by atoms with van der Waals surface area (Å²) in [5, 5.41) is 4.97. The fourth-order valence-electron chi connectivity index (χ4n) is 2.91. The fraction of sp³-hybridized carbons (Fsp3) is 0.389. The van der Waals surface area contributed by atoms with Crippen molar-refractivity contribution in [3.05, 3.63) is 47.0 Å². The minimum absolute atomic E-state index is 0.0404. The van der Waals surface area contributed by atoms with Crippen molar-refractivity contribution in [3.8, 4) is 0 Å². The second-order valence-electron chi connectivity index (χ2n) is 6.25. The Morgan fingerprint density at radius 2 is 2.12 bits per heavy atom. The average Bonchev–Trinajstić information content (AvgIpc) is 3.03. The summed E-state index contributed by atoms with van der Waals surface area (Å²) in [4.78, 5) is 30.7. The van der Waals surface area contributed by atoms with Crippen molar-refractivity contribution in [2.75, 3.05) is 18.4 Å². The van der Waals surface area contributed by atoms with Gasteiger partial charge >= 0.3 is 0 Å². The Morgan fingerprint density at radius 1 is 1.33 bits per heavy atom. The van der Waals surface area contributed by atoms with Crippen LogP contribution in [-0.4, -0.2) is 34.8 Å². The molecule has 2 heterocycles. The average molecular weight is 343 g/mol. The predicted molar refractivity (Wildman–Crippen MR) is 95.2 cm³/mol. The van der Waals surface area contributed by atoms with E-state index in [1.807, 2.05) is 35.2 Å². The molecule has 2 amide bonds. The minimum Gasteiger partial charge on any atom is -0.337 e. The van der Waals surface area contributed by atoms with Gasteiger partial charge < -0.3 is 10.2 Å². The highest BCUT2D eigenvalue weighted by molar-refractivity contribution is 7.14. The first kappa shape index (κ1) is 16.6. The third-order valence-electron chi connectivity index (χ3n) is 4.12. The standard InChI is InChI=1S/C18H21N3O2S/c1-13-6-5-9-21(11-13)17(23)15-12-24-18(19-15)20-16(22)10-14-7-3-2-4-8-14/h2-4,7-8,12-13H,5-6,9-11H2,1H3,(H,19,20,22). The molecule has 24 heavy (non-hydrogen) atoms. The third-order valence-corrected chi connectivity index (χ3v) is 4.88. The van der Waals surface area contributed by atoms with Crippen LogP contribution < -0.4 is 5.32 Å². The lowest BCUT2D eigenvalue weighted by Gasteiger charge is -2.30. The van der Waals surface area contributed by atoms with Gasteiger partial charge in [-0.05, 0) is 24.3 Å². The molecule has 3 rings (SSSR count). The number of amides is 2. The van der Waals surface area contributed by atoms with Crippen molar-refractivity contribution in [2.45, 2.75) is 26.2 Å². The number of nitrogens with one attached hydrogen (secondary N) is 1. The second-order valence-corrected chi connectivity index (χ2v) is 7.11. The number of hydrogen-bond donors (Lipinski definition) is 1. The molecule has 6 heteroatoms. The van der Waals surface area contributed by atoms with E-state index in [0.717, 1.165) is 25.1 Å². The Bertz CT molecular complexity index is 714. The van der Waals surface area contributed by atoms with Crippen molar-refractivity contribution in [1.29, 1.82) is 0 Å². The molecule has 1 aromatic heterocycles. The van der Waals surface area contributed by atoms with Crippen LogP contribution in [-0.2, 0) is 11.2 Å². The number of benzene rings is 1. The van der Waals surface area contributed by atoms with Gasteiger partial charge in [-0.1, -0.05) is 37.3 Å². The highest BCUT2D eigenvalue weighted by atomic mass is 32.1. The molecule has 1 atom stereocenters. The number of thiazole rings is 1. The number of anilines is 1. The summed E-state index contributed by atoms with van der Waals surface area (Å²) in [6, 6.07) is 9.55. The molecule has 1 fully saturated rings. The van der Waals surface area contributed by atoms with Gasteiger partial charge in [0.15, 0.2) is 5.13 Å². The zero-order valence-electron chi connectivity index (χ0n) is 13.7. The summed E-state index contributed by atoms with van der Waals surface area (Å²) in [7, 11) is 0. The third kappa shape index (κ3) is 4.20. The first-order valence-corrected chi connectivity index (χ1v) is 9.08. The molecule has 2 aromatic rings. The summed E-state index contributed by atoms with van der Waals surface area (Å²) in [6.45, 7) is 3.73. The number of aromatic nitrogens is 1. The van der Waals surface area contributed by atoms with Gasteiger partial charge in [0.05, 0.1) is 6.42 Å². The molecule has 0 bridgehead atoms. The van der Waals surface area contributed by atoms with E-state index < -0.39 is 0 Å². The van der Waals surface area contributed by atoms with Gasteiger partial charge in [0.2, 0.25) is 5.91 Å². The Morgan fingerprint density at radius 3 is 2.88 bits per heavy atom. The molecule has 5 nitrogen and oxygen atoms in total. The molecule has 126 valence electrons. The van der Waals surface area contributed by atoms with E-state index in [4.69, 9.17) is 0 Å². The molecule has 1 saturated heterocycles. The molecular formula is C18H21N3O2S. The van der Waals surface area contributed by atoms with Crippen LogP contribution in [0.5, 0.6) is 0 Å². The number of likely N-dealkylation sites (tertiary alicyclic amines) is 1. The van der Waals surface area contributed by atoms with E-state index in [0.29, 0.717) is 23.2 Å². The Kier molecular flexibility index (Phi) is 5.25. The number of nitrogens with zero attached hydrogens (tertiary/aromatic N) is 2. The number of carbonyl (C=O) groups excluding carboxylic acids is 2. The van der Waals surface area contributed by atoms with Crippen LogP contribution in [0, 0.1) is 5.92 Å². The first-order valence-electron chi connectivity index (χ1n) is 8.20. The monoisotopic (exact) mass is 343 g/mol. The van der Waals surface area contributed by atoms with E-state index in [1.165, 1.54) is 17.8 Å². The maximum atomic E-state index is 12.5. The van der Waals surface area contributed by atoms with Gasteiger partial charge in [0.25, 0.3) is 5.91 Å². The van der Waals surface area contributed by atoms with Gasteiger partial charge in [-0.25, -0.2) is 4.98 Å². The van der Waals surface area contributed by atoms with Crippen molar-refractivity contribution in [1.82, 2.24) is 9.88 Å². The highest BCUT2D eigenvalue weighted by Gasteiger charge is 2.24. The summed E-state index contributed by atoms with van der Waals surface area (Å²) in [5.41, 5.74) is 1.37. The lowest BCUT2D eigenvalue weighted by atomic mass is 10.0. The SMILES string of the molecule is CC1CCCN(C(=O)c2csc(NC(=O)Cc3ccccc3)n2)C1. The zero-order valence-corrected chi connectivity index (χ0v) is 14.5. The minimum atomic E-state index is -0.124. The number of rotatable bonds is 4. The van der Waals surface area contributed by atoms with E-state index in [2.05, 4.69) is 17.2 Å². The van der Waals surface area contributed by atoms with Crippen molar-refractivity contribution in [3.63, 3.8) is 0 Å². The van der Waals surface area contributed by atoms with Gasteiger partial charge in [-0.2, -0.15) is 0 Å². The predicted octanol–water partition coefficient (Wildman–Crippen LogP) is 3.20. The number of piperidine rings is 1. The van der Waals surface area contributed by atoms with Crippen LogP contribution in [0.3, 0.4) is 0 Å². The zero-order chi connectivity index (χ0) is 16.9. The van der Waals surface area contributed by atoms with E-state index >= 15 is 0 Å². The summed E-state index contributed by atoms with van der Waals surface area (Å²) < 4.78 is 0.